The number of anilines is 1. The molecule has 0 spiro atoms. The van der Waals surface area contributed by atoms with E-state index in [9.17, 15) is 21.6 Å². The highest BCUT2D eigenvalue weighted by atomic mass is 32.2. The van der Waals surface area contributed by atoms with Gasteiger partial charge in [0.25, 0.3) is 0 Å². The molecule has 9 heteroatoms. The minimum atomic E-state index is -4.40. The average Bonchev–Trinajstić information content (AvgIpc) is 2.37. The maximum absolute atomic E-state index is 12.4. The lowest BCUT2D eigenvalue weighted by Crippen LogP contribution is -2.48. The van der Waals surface area contributed by atoms with Gasteiger partial charge in [-0.2, -0.15) is 17.5 Å². The number of halogens is 3. The molecule has 1 aliphatic heterocycles. The molecule has 2 heterocycles. The number of sulfonamides is 1. The van der Waals surface area contributed by atoms with Gasteiger partial charge in [0.1, 0.15) is 5.82 Å². The molecule has 0 aliphatic carbocycles. The smallest absolute Gasteiger partial charge is 0.354 e. The lowest BCUT2D eigenvalue weighted by molar-refractivity contribution is -0.137. The lowest BCUT2D eigenvalue weighted by Gasteiger charge is -2.34. The number of hydrogen-bond acceptors (Lipinski definition) is 4. The highest BCUT2D eigenvalue weighted by molar-refractivity contribution is 7.88. The highest BCUT2D eigenvalue weighted by Crippen LogP contribution is 2.29. The fourth-order valence-electron chi connectivity index (χ4n) is 1.99. The van der Waals surface area contributed by atoms with Crippen LogP contribution in [0.4, 0.5) is 19.0 Å². The summed E-state index contributed by atoms with van der Waals surface area (Å²) in [5, 5.41) is 0. The van der Waals surface area contributed by atoms with E-state index in [1.165, 1.54) is 10.4 Å². The van der Waals surface area contributed by atoms with Crippen molar-refractivity contribution in [3.8, 4) is 0 Å². The van der Waals surface area contributed by atoms with Crippen LogP contribution < -0.4 is 4.90 Å². The molecule has 1 aromatic rings. The van der Waals surface area contributed by atoms with Crippen molar-refractivity contribution in [2.45, 2.75) is 6.18 Å². The molecule has 1 aromatic heterocycles. The van der Waals surface area contributed by atoms with Crippen molar-refractivity contribution in [1.82, 2.24) is 9.29 Å². The van der Waals surface area contributed by atoms with Crippen LogP contribution in [-0.2, 0) is 16.2 Å². The molecule has 0 bridgehead atoms. The molecule has 0 unspecified atom stereocenters. The predicted octanol–water partition coefficient (Wildman–Crippen LogP) is 1.18. The fourth-order valence-corrected chi connectivity index (χ4v) is 2.82. The number of nitrogens with zero attached hydrogens (tertiary/aromatic N) is 3. The van der Waals surface area contributed by atoms with Crippen LogP contribution in [0.3, 0.4) is 0 Å². The van der Waals surface area contributed by atoms with Crippen LogP contribution in [-0.4, -0.2) is 50.1 Å². The zero-order valence-electron chi connectivity index (χ0n) is 10.8. The SMILES string of the molecule is CS(=O)(=O)N1CCN(c2ccc(C(F)(F)F)cn2)CC1. The molecule has 1 saturated heterocycles. The second kappa shape index (κ2) is 5.21. The summed E-state index contributed by atoms with van der Waals surface area (Å²) in [4.78, 5) is 5.56. The van der Waals surface area contributed by atoms with Crippen LogP contribution in [0.15, 0.2) is 18.3 Å². The van der Waals surface area contributed by atoms with Crippen LogP contribution in [0.1, 0.15) is 5.56 Å². The first kappa shape index (κ1) is 15.0. The first-order valence-corrected chi connectivity index (χ1v) is 7.76. The predicted molar refractivity (Wildman–Crippen MR) is 67.9 cm³/mol. The Morgan fingerprint density at radius 1 is 1.15 bits per heavy atom. The van der Waals surface area contributed by atoms with Gasteiger partial charge >= 0.3 is 6.18 Å². The Balaban J connectivity index is 2.04. The Morgan fingerprint density at radius 3 is 2.15 bits per heavy atom. The number of rotatable bonds is 2. The molecule has 0 N–H and O–H groups in total. The molecule has 2 rings (SSSR count). The molecule has 0 aromatic carbocycles. The maximum atomic E-state index is 12.4. The topological polar surface area (TPSA) is 53.5 Å². The minimum absolute atomic E-state index is 0.307. The first-order chi connectivity index (χ1) is 9.18. The van der Waals surface area contributed by atoms with E-state index in [-0.39, 0.29) is 0 Å². The van der Waals surface area contributed by atoms with Crippen molar-refractivity contribution in [2.75, 3.05) is 37.3 Å². The van der Waals surface area contributed by atoms with Crippen LogP contribution in [0.5, 0.6) is 0 Å². The summed E-state index contributed by atoms with van der Waals surface area (Å²) in [6, 6.07) is 2.28. The highest BCUT2D eigenvalue weighted by Gasteiger charge is 2.31. The molecule has 5 nitrogen and oxygen atoms in total. The Bertz CT molecular complexity index is 564. The van der Waals surface area contributed by atoms with Gasteiger partial charge in [-0.15, -0.1) is 0 Å². The van der Waals surface area contributed by atoms with Gasteiger partial charge in [0.05, 0.1) is 11.8 Å². The van der Waals surface area contributed by atoms with E-state index >= 15 is 0 Å². The molecule has 20 heavy (non-hydrogen) atoms. The average molecular weight is 309 g/mol. The number of aromatic nitrogens is 1. The summed E-state index contributed by atoms with van der Waals surface area (Å²) in [6.07, 6.45) is -2.47. The van der Waals surface area contributed by atoms with Gasteiger partial charge in [-0.05, 0) is 12.1 Å². The summed E-state index contributed by atoms with van der Waals surface area (Å²) in [6.45, 7) is 1.43. The zero-order chi connectivity index (χ0) is 15.0. The summed E-state index contributed by atoms with van der Waals surface area (Å²) < 4.78 is 61.3. The van der Waals surface area contributed by atoms with Crippen LogP contribution in [0.25, 0.3) is 0 Å². The van der Waals surface area contributed by atoms with Crippen molar-refractivity contribution in [2.24, 2.45) is 0 Å². The number of piperazine rings is 1. The van der Waals surface area contributed by atoms with Crippen LogP contribution in [0.2, 0.25) is 0 Å². The van der Waals surface area contributed by atoms with Crippen LogP contribution in [0, 0.1) is 0 Å². The van der Waals surface area contributed by atoms with Crippen molar-refractivity contribution in [1.29, 1.82) is 0 Å². The van der Waals surface area contributed by atoms with E-state index in [0.717, 1.165) is 18.5 Å². The normalized spacial score (nSPS) is 18.3. The zero-order valence-corrected chi connectivity index (χ0v) is 11.6. The number of alkyl halides is 3. The van der Waals surface area contributed by atoms with E-state index in [0.29, 0.717) is 32.0 Å². The molecular formula is C11H14F3N3O2S. The Morgan fingerprint density at radius 2 is 1.75 bits per heavy atom. The monoisotopic (exact) mass is 309 g/mol. The lowest BCUT2D eigenvalue weighted by atomic mass is 10.2. The fraction of sp³-hybridized carbons (Fsp3) is 0.545. The standard InChI is InChI=1S/C11H14F3N3O2S/c1-20(18,19)17-6-4-16(5-7-17)10-3-2-9(8-15-10)11(12,13)14/h2-3,8H,4-7H2,1H3. The third kappa shape index (κ3) is 3.40. The first-order valence-electron chi connectivity index (χ1n) is 5.91. The van der Waals surface area contributed by atoms with Gasteiger partial charge in [0.2, 0.25) is 10.0 Å². The molecule has 0 saturated carbocycles. The van der Waals surface area contributed by atoms with Gasteiger partial charge in [0, 0.05) is 32.4 Å². The van der Waals surface area contributed by atoms with Gasteiger partial charge in [-0.3, -0.25) is 0 Å². The third-order valence-electron chi connectivity index (χ3n) is 3.11. The summed E-state index contributed by atoms with van der Waals surface area (Å²) in [7, 11) is -3.22. The molecule has 1 aliphatic rings. The van der Waals surface area contributed by atoms with Crippen molar-refractivity contribution < 1.29 is 21.6 Å². The Hall–Kier alpha value is -1.35. The minimum Gasteiger partial charge on any atom is -0.354 e. The molecule has 1 fully saturated rings. The number of hydrogen-bond donors (Lipinski definition) is 0. The maximum Gasteiger partial charge on any atom is 0.417 e. The molecule has 0 amide bonds. The Labute approximate surface area is 115 Å². The van der Waals surface area contributed by atoms with Crippen molar-refractivity contribution in [3.05, 3.63) is 23.9 Å². The summed E-state index contributed by atoms with van der Waals surface area (Å²) in [5.74, 6) is 0.422. The van der Waals surface area contributed by atoms with E-state index in [2.05, 4.69) is 4.98 Å². The second-order valence-electron chi connectivity index (χ2n) is 4.55. The van der Waals surface area contributed by atoms with Gasteiger partial charge in [-0.1, -0.05) is 0 Å². The largest absolute Gasteiger partial charge is 0.417 e. The Kier molecular flexibility index (Phi) is 3.92. The van der Waals surface area contributed by atoms with E-state index in [1.54, 1.807) is 4.90 Å². The van der Waals surface area contributed by atoms with Gasteiger partial charge in [0.15, 0.2) is 0 Å². The summed E-state index contributed by atoms with van der Waals surface area (Å²) >= 11 is 0. The van der Waals surface area contributed by atoms with E-state index in [1.807, 2.05) is 0 Å². The van der Waals surface area contributed by atoms with E-state index in [4.69, 9.17) is 0 Å². The summed E-state index contributed by atoms with van der Waals surface area (Å²) in [5.41, 5.74) is -0.795. The van der Waals surface area contributed by atoms with Gasteiger partial charge < -0.3 is 4.90 Å². The molecule has 0 atom stereocenters. The van der Waals surface area contributed by atoms with Crippen molar-refractivity contribution in [3.63, 3.8) is 0 Å². The van der Waals surface area contributed by atoms with E-state index < -0.39 is 21.8 Å². The molecule has 112 valence electrons. The molecule has 0 radical (unpaired) electrons. The molecular weight excluding hydrogens is 295 g/mol. The second-order valence-corrected chi connectivity index (χ2v) is 6.53. The third-order valence-corrected chi connectivity index (χ3v) is 4.41. The van der Waals surface area contributed by atoms with Gasteiger partial charge in [-0.25, -0.2) is 13.4 Å². The quantitative estimate of drug-likeness (QED) is 0.823. The van der Waals surface area contributed by atoms with Crippen molar-refractivity contribution >= 4 is 15.8 Å². The van der Waals surface area contributed by atoms with Crippen LogP contribution >= 0.6 is 0 Å². The number of pyridine rings is 1.